The maximum Gasteiger partial charge on any atom is 0.240 e. The van der Waals surface area contributed by atoms with Crippen molar-refractivity contribution in [3.05, 3.63) is 66.7 Å². The number of nitrogens with zero attached hydrogens (tertiary/aromatic N) is 1. The summed E-state index contributed by atoms with van der Waals surface area (Å²) in [7, 11) is -1.75. The number of likely N-dealkylation sites (N-methyl/N-ethyl adjacent to an activating group) is 1. The molecule has 25 heavy (non-hydrogen) atoms. The van der Waals surface area contributed by atoms with Crippen LogP contribution in [0.15, 0.2) is 61.2 Å². The summed E-state index contributed by atoms with van der Waals surface area (Å²) in [6, 6.07) is 19.3. The predicted octanol–water partition coefficient (Wildman–Crippen LogP) is 3.30. The van der Waals surface area contributed by atoms with E-state index in [1.807, 2.05) is 6.08 Å². The third-order valence-electron chi connectivity index (χ3n) is 4.51. The van der Waals surface area contributed by atoms with Crippen LogP contribution in [0, 0.1) is 0 Å². The van der Waals surface area contributed by atoms with Gasteiger partial charge in [-0.05, 0) is 42.9 Å². The zero-order valence-corrected chi connectivity index (χ0v) is 17.2. The van der Waals surface area contributed by atoms with Crippen molar-refractivity contribution >= 4 is 25.5 Å². The molecule has 2 aromatic rings. The highest BCUT2D eigenvalue weighted by Gasteiger charge is 2.28. The predicted molar refractivity (Wildman–Crippen MR) is 112 cm³/mol. The van der Waals surface area contributed by atoms with Crippen LogP contribution in [0.25, 0.3) is 6.08 Å². The number of rotatable bonds is 9. The Bertz CT molecular complexity index is 647. The van der Waals surface area contributed by atoms with E-state index in [0.717, 1.165) is 25.2 Å². The van der Waals surface area contributed by atoms with Gasteiger partial charge in [-0.3, -0.25) is 0 Å². The highest BCUT2D eigenvalue weighted by atomic mass is 28.3. The largest absolute Gasteiger partial charge is 0.405 e. The first-order chi connectivity index (χ1) is 12.0. The van der Waals surface area contributed by atoms with E-state index in [1.54, 1.807) is 0 Å². The third kappa shape index (κ3) is 5.67. The van der Waals surface area contributed by atoms with E-state index in [1.165, 1.54) is 10.4 Å². The molecule has 0 aliphatic rings. The molecule has 3 heteroatoms. The Morgan fingerprint density at radius 3 is 2.04 bits per heavy atom. The van der Waals surface area contributed by atoms with Crippen molar-refractivity contribution in [3.8, 4) is 0 Å². The summed E-state index contributed by atoms with van der Waals surface area (Å²) in [5.74, 6) is 0. The van der Waals surface area contributed by atoms with Gasteiger partial charge in [0, 0.05) is 6.54 Å². The van der Waals surface area contributed by atoms with E-state index < -0.39 is 9.04 Å². The van der Waals surface area contributed by atoms with Crippen LogP contribution in [0.1, 0.15) is 33.3 Å². The summed E-state index contributed by atoms with van der Waals surface area (Å²) in [6.45, 7) is 15.7. The molecule has 134 valence electrons. The summed E-state index contributed by atoms with van der Waals surface area (Å²) in [6.07, 6.45) is 1.88. The van der Waals surface area contributed by atoms with Crippen molar-refractivity contribution in [1.29, 1.82) is 0 Å². The van der Waals surface area contributed by atoms with Gasteiger partial charge in [0.25, 0.3) is 0 Å². The van der Waals surface area contributed by atoms with Crippen molar-refractivity contribution in [2.45, 2.75) is 33.3 Å². The molecular formula is C22H31NOSi. The molecule has 0 aliphatic heterocycles. The van der Waals surface area contributed by atoms with Gasteiger partial charge < -0.3 is 9.33 Å². The molecule has 0 aromatic heterocycles. The monoisotopic (exact) mass is 353 g/mol. The fourth-order valence-electron chi connectivity index (χ4n) is 3.11. The van der Waals surface area contributed by atoms with E-state index in [9.17, 15) is 0 Å². The summed E-state index contributed by atoms with van der Waals surface area (Å²) in [5.41, 5.74) is 0.961. The average molecular weight is 354 g/mol. The first kappa shape index (κ1) is 19.6. The molecule has 0 bridgehead atoms. The third-order valence-corrected chi connectivity index (χ3v) is 7.37. The molecule has 0 radical (unpaired) electrons. The molecule has 1 atom stereocenters. The smallest absolute Gasteiger partial charge is 0.240 e. The fraction of sp³-hybridized carbons (Fsp3) is 0.364. The molecule has 2 aromatic carbocycles. The van der Waals surface area contributed by atoms with Gasteiger partial charge in [0.05, 0.1) is 5.60 Å². The van der Waals surface area contributed by atoms with E-state index in [0.29, 0.717) is 0 Å². The SMILES string of the molecule is C=Cc1ccc([SiH](OC(C)(C)CN(CC)CC)c2ccccc2)cc1. The Hall–Kier alpha value is -1.68. The van der Waals surface area contributed by atoms with Crippen LogP contribution in [-0.2, 0) is 4.43 Å². The molecule has 0 amide bonds. The van der Waals surface area contributed by atoms with Gasteiger partial charge in [0.15, 0.2) is 0 Å². The van der Waals surface area contributed by atoms with Crippen LogP contribution in [0.3, 0.4) is 0 Å². The zero-order valence-electron chi connectivity index (χ0n) is 16.0. The normalized spacial score (nSPS) is 13.0. The Morgan fingerprint density at radius 2 is 1.52 bits per heavy atom. The molecule has 0 heterocycles. The molecule has 2 rings (SSSR count). The molecule has 0 saturated carbocycles. The van der Waals surface area contributed by atoms with Gasteiger partial charge in [-0.25, -0.2) is 0 Å². The summed E-state index contributed by atoms with van der Waals surface area (Å²) in [4.78, 5) is 2.43. The Balaban J connectivity index is 2.30. The maximum absolute atomic E-state index is 6.79. The first-order valence-electron chi connectivity index (χ1n) is 9.16. The second-order valence-electron chi connectivity index (χ2n) is 7.00. The quantitative estimate of drug-likeness (QED) is 0.641. The van der Waals surface area contributed by atoms with Crippen molar-refractivity contribution in [2.75, 3.05) is 19.6 Å². The summed E-state index contributed by atoms with van der Waals surface area (Å²) >= 11 is 0. The van der Waals surface area contributed by atoms with Gasteiger partial charge in [0.2, 0.25) is 9.04 Å². The van der Waals surface area contributed by atoms with Crippen LogP contribution in [0.4, 0.5) is 0 Å². The lowest BCUT2D eigenvalue weighted by Gasteiger charge is -2.35. The van der Waals surface area contributed by atoms with Crippen LogP contribution < -0.4 is 10.4 Å². The standard InChI is InChI=1S/C22H31NOSi/c1-6-19-14-16-21(17-15-19)25(20-12-10-9-11-13-20)24-22(4,5)18-23(7-2)8-3/h6,9-17,25H,1,7-8,18H2,2-5H3. The van der Waals surface area contributed by atoms with E-state index in [4.69, 9.17) is 4.43 Å². The average Bonchev–Trinajstić information content (AvgIpc) is 2.65. The molecular weight excluding hydrogens is 322 g/mol. The topological polar surface area (TPSA) is 12.5 Å². The van der Waals surface area contributed by atoms with E-state index in [2.05, 4.69) is 93.8 Å². The Morgan fingerprint density at radius 1 is 0.960 bits per heavy atom. The van der Waals surface area contributed by atoms with Gasteiger partial charge in [0.1, 0.15) is 0 Å². The lowest BCUT2D eigenvalue weighted by atomic mass is 10.1. The number of benzene rings is 2. The second kappa shape index (κ2) is 9.14. The van der Waals surface area contributed by atoms with Crippen molar-refractivity contribution < 1.29 is 4.43 Å². The minimum Gasteiger partial charge on any atom is -0.405 e. The van der Waals surface area contributed by atoms with Gasteiger partial charge in [-0.15, -0.1) is 0 Å². The van der Waals surface area contributed by atoms with Crippen molar-refractivity contribution in [2.24, 2.45) is 0 Å². The minimum absolute atomic E-state index is 0.185. The first-order valence-corrected chi connectivity index (χ1v) is 10.8. The van der Waals surface area contributed by atoms with Gasteiger partial charge in [-0.2, -0.15) is 0 Å². The van der Waals surface area contributed by atoms with Gasteiger partial charge in [-0.1, -0.05) is 81.1 Å². The second-order valence-corrected chi connectivity index (χ2v) is 9.33. The van der Waals surface area contributed by atoms with E-state index in [-0.39, 0.29) is 5.60 Å². The summed E-state index contributed by atoms with van der Waals surface area (Å²) in [5, 5.41) is 2.63. The molecule has 2 nitrogen and oxygen atoms in total. The fourth-order valence-corrected chi connectivity index (χ4v) is 5.59. The zero-order chi connectivity index (χ0) is 18.3. The molecule has 1 unspecified atom stereocenters. The molecule has 0 spiro atoms. The lowest BCUT2D eigenvalue weighted by molar-refractivity contribution is 0.0656. The number of hydrogen-bond acceptors (Lipinski definition) is 2. The summed E-state index contributed by atoms with van der Waals surface area (Å²) < 4.78 is 6.79. The van der Waals surface area contributed by atoms with Crippen molar-refractivity contribution in [3.63, 3.8) is 0 Å². The van der Waals surface area contributed by atoms with Crippen LogP contribution >= 0.6 is 0 Å². The molecule has 0 N–H and O–H groups in total. The molecule has 0 fully saturated rings. The maximum atomic E-state index is 6.79. The van der Waals surface area contributed by atoms with Crippen LogP contribution in [0.2, 0.25) is 0 Å². The molecule has 0 aliphatic carbocycles. The van der Waals surface area contributed by atoms with Crippen LogP contribution in [0.5, 0.6) is 0 Å². The minimum atomic E-state index is -1.75. The Labute approximate surface area is 154 Å². The highest BCUT2D eigenvalue weighted by molar-refractivity contribution is 6.80. The van der Waals surface area contributed by atoms with Crippen molar-refractivity contribution in [1.82, 2.24) is 4.90 Å². The Kier molecular flexibility index (Phi) is 7.18. The number of hydrogen-bond donors (Lipinski definition) is 0. The van der Waals surface area contributed by atoms with E-state index >= 15 is 0 Å². The van der Waals surface area contributed by atoms with Gasteiger partial charge >= 0.3 is 0 Å². The lowest BCUT2D eigenvalue weighted by Crippen LogP contribution is -2.53. The molecule has 0 saturated heterocycles. The van der Waals surface area contributed by atoms with Crippen LogP contribution in [-0.4, -0.2) is 39.2 Å². The highest BCUT2D eigenvalue weighted by Crippen LogP contribution is 2.14.